The lowest BCUT2D eigenvalue weighted by Crippen LogP contribution is -2.51. The molecule has 1 aliphatic heterocycles. The number of rotatable bonds is 22. The molecule has 1 fully saturated rings. The van der Waals surface area contributed by atoms with E-state index in [1.807, 2.05) is 0 Å². The van der Waals surface area contributed by atoms with E-state index in [-0.39, 0.29) is 0 Å². The lowest BCUT2D eigenvalue weighted by atomic mass is 10.0. The Kier molecular flexibility index (Phi) is 19.2. The van der Waals surface area contributed by atoms with Crippen LogP contribution in [-0.2, 0) is 14.2 Å². The largest absolute Gasteiger partial charge is 0.394 e. The fourth-order valence-electron chi connectivity index (χ4n) is 4.00. The molecule has 1 heterocycles. The Labute approximate surface area is 201 Å². The molecular weight excluding hydrogens is 424 g/mol. The van der Waals surface area contributed by atoms with Crippen LogP contribution in [0.3, 0.4) is 0 Å². The van der Waals surface area contributed by atoms with E-state index in [2.05, 4.69) is 19.1 Å². The van der Waals surface area contributed by atoms with Crippen molar-refractivity contribution in [3.63, 3.8) is 0 Å². The Morgan fingerprint density at radius 2 is 1.27 bits per heavy atom. The molecule has 0 spiro atoms. The number of hydrogen-bond donors (Lipinski definition) is 4. The number of ether oxygens (including phenoxy) is 3. The first-order chi connectivity index (χ1) is 16.1. The van der Waals surface area contributed by atoms with Crippen LogP contribution in [0.15, 0.2) is 12.2 Å². The van der Waals surface area contributed by atoms with E-state index in [1.165, 1.54) is 70.6 Å². The van der Waals surface area contributed by atoms with Gasteiger partial charge in [-0.2, -0.15) is 0 Å². The predicted octanol–water partition coefficient (Wildman–Crippen LogP) is 3.86. The van der Waals surface area contributed by atoms with Crippen molar-refractivity contribution in [1.29, 1.82) is 0 Å². The van der Waals surface area contributed by atoms with Crippen LogP contribution in [0.2, 0.25) is 0 Å². The fourth-order valence-corrected chi connectivity index (χ4v) is 4.00. The number of unbranched alkanes of at least 4 members (excludes halogenated alkanes) is 12. The number of hydrogen-bond acceptors (Lipinski definition) is 7. The van der Waals surface area contributed by atoms with Gasteiger partial charge in [0.05, 0.1) is 19.8 Å². The number of aliphatic hydroxyl groups excluding tert-OH is 4. The van der Waals surface area contributed by atoms with Crippen LogP contribution in [0, 0.1) is 0 Å². The van der Waals surface area contributed by atoms with Crippen molar-refractivity contribution in [2.75, 3.05) is 26.4 Å². The molecule has 7 heteroatoms. The van der Waals surface area contributed by atoms with Gasteiger partial charge in [-0.1, -0.05) is 76.9 Å². The van der Waals surface area contributed by atoms with E-state index in [0.717, 1.165) is 19.3 Å². The van der Waals surface area contributed by atoms with Crippen LogP contribution in [0.4, 0.5) is 0 Å². The molecule has 0 aliphatic carbocycles. The molecule has 1 saturated heterocycles. The third-order valence-electron chi connectivity index (χ3n) is 6.15. The molecular formula is C26H50O7. The zero-order valence-electron chi connectivity index (χ0n) is 20.8. The van der Waals surface area contributed by atoms with E-state index in [0.29, 0.717) is 19.8 Å². The number of aliphatic hydroxyl groups is 4. The maximum atomic E-state index is 10.4. The van der Waals surface area contributed by atoms with E-state index >= 15 is 0 Å². The molecule has 196 valence electrons. The van der Waals surface area contributed by atoms with Gasteiger partial charge in [0.1, 0.15) is 24.4 Å². The quantitative estimate of drug-likeness (QED) is 0.139. The minimum atomic E-state index is -1.53. The summed E-state index contributed by atoms with van der Waals surface area (Å²) < 4.78 is 16.6. The van der Waals surface area contributed by atoms with Gasteiger partial charge in [0.2, 0.25) is 0 Å². The van der Waals surface area contributed by atoms with Gasteiger partial charge in [0.15, 0.2) is 6.29 Å². The van der Waals surface area contributed by atoms with Gasteiger partial charge in [-0.3, -0.25) is 0 Å². The van der Waals surface area contributed by atoms with Crippen molar-refractivity contribution in [1.82, 2.24) is 0 Å². The Balaban J connectivity index is 2.04. The molecule has 0 bridgehead atoms. The summed E-state index contributed by atoms with van der Waals surface area (Å²) in [5, 5.41) is 39.0. The average Bonchev–Trinajstić information content (AvgIpc) is 3.36. The van der Waals surface area contributed by atoms with Crippen LogP contribution in [0.25, 0.3) is 0 Å². The van der Waals surface area contributed by atoms with Crippen LogP contribution < -0.4 is 0 Å². The maximum Gasteiger partial charge on any atom is 0.186 e. The van der Waals surface area contributed by atoms with E-state index < -0.39 is 37.3 Å². The van der Waals surface area contributed by atoms with Crippen molar-refractivity contribution >= 4 is 0 Å². The Morgan fingerprint density at radius 3 is 1.82 bits per heavy atom. The normalized spacial score (nSPS) is 18.7. The highest BCUT2D eigenvalue weighted by atomic mass is 16.7. The van der Waals surface area contributed by atoms with Gasteiger partial charge in [-0.25, -0.2) is 0 Å². The molecule has 0 aromatic carbocycles. The summed E-state index contributed by atoms with van der Waals surface area (Å²) in [4.78, 5) is 0. The van der Waals surface area contributed by atoms with Gasteiger partial charge in [-0.05, 0) is 32.1 Å². The zero-order valence-corrected chi connectivity index (χ0v) is 20.8. The van der Waals surface area contributed by atoms with Crippen molar-refractivity contribution in [2.24, 2.45) is 0 Å². The van der Waals surface area contributed by atoms with Crippen LogP contribution >= 0.6 is 0 Å². The van der Waals surface area contributed by atoms with Gasteiger partial charge in [-0.15, -0.1) is 0 Å². The standard InChI is InChI=1S/C26H50O7/c1-2-3-4-5-6-7-8-9-10-11-12-13-14-15-16-17-18-31-25(26-32-19-20-33-26)24(30)23(29)22(28)21-27/h9-10,22-30H,2-8,11-21H2,1H3/b10-9-/t22-,23-,24+,25-/m1/s1. The lowest BCUT2D eigenvalue weighted by molar-refractivity contribution is -0.207. The summed E-state index contributed by atoms with van der Waals surface area (Å²) in [6, 6.07) is 0. The van der Waals surface area contributed by atoms with Crippen molar-refractivity contribution in [3.05, 3.63) is 12.2 Å². The summed E-state index contributed by atoms with van der Waals surface area (Å²) in [5.41, 5.74) is 0. The van der Waals surface area contributed by atoms with Crippen LogP contribution in [-0.4, -0.2) is 77.6 Å². The molecule has 1 aliphatic rings. The lowest BCUT2D eigenvalue weighted by Gasteiger charge is -2.31. The molecule has 0 saturated carbocycles. The third-order valence-corrected chi connectivity index (χ3v) is 6.15. The summed E-state index contributed by atoms with van der Waals surface area (Å²) in [5.74, 6) is 0. The van der Waals surface area contributed by atoms with Crippen LogP contribution in [0.1, 0.15) is 96.8 Å². The summed E-state index contributed by atoms with van der Waals surface area (Å²) in [6.45, 7) is 2.81. The minimum Gasteiger partial charge on any atom is -0.394 e. The Hall–Kier alpha value is -0.540. The van der Waals surface area contributed by atoms with E-state index in [1.54, 1.807) is 0 Å². The summed E-state index contributed by atoms with van der Waals surface area (Å²) in [6.07, 6.45) is 15.8. The average molecular weight is 475 g/mol. The van der Waals surface area contributed by atoms with Crippen molar-refractivity contribution in [3.8, 4) is 0 Å². The van der Waals surface area contributed by atoms with Gasteiger partial charge < -0.3 is 34.6 Å². The second-order valence-electron chi connectivity index (χ2n) is 9.11. The van der Waals surface area contributed by atoms with Gasteiger partial charge in [0, 0.05) is 6.61 Å². The first-order valence-corrected chi connectivity index (χ1v) is 13.3. The summed E-state index contributed by atoms with van der Waals surface area (Å²) in [7, 11) is 0. The molecule has 0 aromatic rings. The monoisotopic (exact) mass is 474 g/mol. The molecule has 0 amide bonds. The first-order valence-electron chi connectivity index (χ1n) is 13.3. The molecule has 4 atom stereocenters. The maximum absolute atomic E-state index is 10.4. The Morgan fingerprint density at radius 1 is 0.758 bits per heavy atom. The Bertz CT molecular complexity index is 454. The number of allylic oxidation sites excluding steroid dienone is 2. The van der Waals surface area contributed by atoms with Gasteiger partial charge >= 0.3 is 0 Å². The van der Waals surface area contributed by atoms with E-state index in [4.69, 9.17) is 19.3 Å². The molecule has 0 radical (unpaired) electrons. The topological polar surface area (TPSA) is 109 Å². The minimum absolute atomic E-state index is 0.393. The SMILES string of the molecule is CCCCCCCC/C=C\CCCCCCCCO[C@@H](C1OCCO1)[C@@H](O)[C@H](O)[C@H](O)CO. The first kappa shape index (κ1) is 30.5. The predicted molar refractivity (Wildman–Crippen MR) is 130 cm³/mol. The van der Waals surface area contributed by atoms with Gasteiger partial charge in [0.25, 0.3) is 0 Å². The molecule has 7 nitrogen and oxygen atoms in total. The molecule has 0 unspecified atom stereocenters. The molecule has 33 heavy (non-hydrogen) atoms. The van der Waals surface area contributed by atoms with Crippen molar-refractivity contribution < 1.29 is 34.6 Å². The van der Waals surface area contributed by atoms with Crippen LogP contribution in [0.5, 0.6) is 0 Å². The second-order valence-corrected chi connectivity index (χ2v) is 9.11. The molecule has 4 N–H and O–H groups in total. The third kappa shape index (κ3) is 14.5. The van der Waals surface area contributed by atoms with E-state index in [9.17, 15) is 15.3 Å². The molecule has 0 aromatic heterocycles. The summed E-state index contributed by atoms with van der Waals surface area (Å²) >= 11 is 0. The van der Waals surface area contributed by atoms with Crippen molar-refractivity contribution in [2.45, 2.75) is 128 Å². The molecule has 1 rings (SSSR count). The zero-order chi connectivity index (χ0) is 24.2. The smallest absolute Gasteiger partial charge is 0.186 e. The highest BCUT2D eigenvalue weighted by molar-refractivity contribution is 4.85. The highest BCUT2D eigenvalue weighted by Gasteiger charge is 2.39. The highest BCUT2D eigenvalue weighted by Crippen LogP contribution is 2.19. The fraction of sp³-hybridized carbons (Fsp3) is 0.923. The second kappa shape index (κ2) is 20.8.